The van der Waals surface area contributed by atoms with E-state index in [4.69, 9.17) is 0 Å². The van der Waals surface area contributed by atoms with E-state index in [9.17, 15) is 8.42 Å². The maximum atomic E-state index is 12.0. The standard InChI is InChI=1S/C16H19NO2S/c1-2-15-10-20(18,19)11-16(17-15)14-8-7-12-5-3-4-6-13(12)9-14/h3-9,15-17H,2,10-11H2,1H3. The van der Waals surface area contributed by atoms with Crippen molar-refractivity contribution >= 4 is 20.6 Å². The molecule has 1 aliphatic rings. The number of nitrogens with one attached hydrogen (secondary N) is 1. The molecule has 1 fully saturated rings. The molecule has 0 spiro atoms. The summed E-state index contributed by atoms with van der Waals surface area (Å²) >= 11 is 0. The summed E-state index contributed by atoms with van der Waals surface area (Å²) in [5, 5.41) is 5.80. The van der Waals surface area contributed by atoms with E-state index in [1.807, 2.05) is 25.1 Å². The lowest BCUT2D eigenvalue weighted by molar-refractivity contribution is 0.440. The molecule has 2 atom stereocenters. The van der Waals surface area contributed by atoms with Crippen molar-refractivity contribution in [3.8, 4) is 0 Å². The Hall–Kier alpha value is -1.39. The Bertz CT molecular complexity index is 724. The minimum Gasteiger partial charge on any atom is -0.305 e. The lowest BCUT2D eigenvalue weighted by Crippen LogP contribution is -2.46. The first-order valence-electron chi connectivity index (χ1n) is 7.02. The van der Waals surface area contributed by atoms with Crippen LogP contribution in [0.15, 0.2) is 42.5 Å². The smallest absolute Gasteiger partial charge is 0.153 e. The molecule has 1 N–H and O–H groups in total. The van der Waals surface area contributed by atoms with Gasteiger partial charge in [0.1, 0.15) is 0 Å². The Morgan fingerprint density at radius 2 is 1.85 bits per heavy atom. The van der Waals surface area contributed by atoms with Crippen molar-refractivity contribution in [3.05, 3.63) is 48.0 Å². The van der Waals surface area contributed by atoms with Gasteiger partial charge in [0.25, 0.3) is 0 Å². The number of rotatable bonds is 2. The van der Waals surface area contributed by atoms with Crippen molar-refractivity contribution in [1.29, 1.82) is 0 Å². The highest BCUT2D eigenvalue weighted by atomic mass is 32.2. The first kappa shape index (κ1) is 13.6. The predicted octanol–water partition coefficient (Wildman–Crippen LogP) is 2.68. The number of fused-ring (bicyclic) bond motifs is 1. The van der Waals surface area contributed by atoms with Crippen LogP contribution < -0.4 is 5.32 Å². The highest BCUT2D eigenvalue weighted by Crippen LogP contribution is 2.25. The topological polar surface area (TPSA) is 46.2 Å². The lowest BCUT2D eigenvalue weighted by Gasteiger charge is -2.30. The molecule has 1 aliphatic heterocycles. The van der Waals surface area contributed by atoms with E-state index in [0.717, 1.165) is 17.4 Å². The Balaban J connectivity index is 1.97. The van der Waals surface area contributed by atoms with Crippen molar-refractivity contribution in [2.45, 2.75) is 25.4 Å². The van der Waals surface area contributed by atoms with Gasteiger partial charge in [0, 0.05) is 12.1 Å². The fraction of sp³-hybridized carbons (Fsp3) is 0.375. The number of benzene rings is 2. The van der Waals surface area contributed by atoms with Crippen LogP contribution in [0.5, 0.6) is 0 Å². The third-order valence-corrected chi connectivity index (χ3v) is 5.73. The molecule has 0 saturated carbocycles. The largest absolute Gasteiger partial charge is 0.305 e. The summed E-state index contributed by atoms with van der Waals surface area (Å²) in [4.78, 5) is 0. The predicted molar refractivity (Wildman–Crippen MR) is 82.6 cm³/mol. The molecule has 106 valence electrons. The van der Waals surface area contributed by atoms with Gasteiger partial charge in [-0.15, -0.1) is 0 Å². The van der Waals surface area contributed by atoms with Gasteiger partial charge in [0.2, 0.25) is 0 Å². The van der Waals surface area contributed by atoms with E-state index < -0.39 is 9.84 Å². The quantitative estimate of drug-likeness (QED) is 0.924. The molecule has 0 radical (unpaired) electrons. The van der Waals surface area contributed by atoms with Crippen LogP contribution in [-0.4, -0.2) is 26.0 Å². The second-order valence-corrected chi connectivity index (χ2v) is 7.66. The van der Waals surface area contributed by atoms with Crippen molar-refractivity contribution in [2.24, 2.45) is 0 Å². The van der Waals surface area contributed by atoms with Gasteiger partial charge in [-0.05, 0) is 28.8 Å². The van der Waals surface area contributed by atoms with Crippen molar-refractivity contribution in [3.63, 3.8) is 0 Å². The maximum absolute atomic E-state index is 12.0. The summed E-state index contributed by atoms with van der Waals surface area (Å²) in [7, 11) is -2.96. The van der Waals surface area contributed by atoms with Gasteiger partial charge in [-0.2, -0.15) is 0 Å². The van der Waals surface area contributed by atoms with E-state index in [0.29, 0.717) is 0 Å². The van der Waals surface area contributed by atoms with Crippen molar-refractivity contribution in [2.75, 3.05) is 11.5 Å². The lowest BCUT2D eigenvalue weighted by atomic mass is 10.0. The monoisotopic (exact) mass is 289 g/mol. The van der Waals surface area contributed by atoms with Crippen LogP contribution in [0.2, 0.25) is 0 Å². The van der Waals surface area contributed by atoms with Gasteiger partial charge in [0.15, 0.2) is 9.84 Å². The summed E-state index contributed by atoms with van der Waals surface area (Å²) in [6.07, 6.45) is 0.837. The number of hydrogen-bond acceptors (Lipinski definition) is 3. The minimum atomic E-state index is -2.96. The zero-order chi connectivity index (χ0) is 14.2. The van der Waals surface area contributed by atoms with E-state index in [2.05, 4.69) is 29.6 Å². The summed E-state index contributed by atoms with van der Waals surface area (Å²) in [5.74, 6) is 0.454. The van der Waals surface area contributed by atoms with Crippen molar-refractivity contribution < 1.29 is 8.42 Å². The molecule has 2 aromatic carbocycles. The fourth-order valence-electron chi connectivity index (χ4n) is 2.86. The Morgan fingerprint density at radius 3 is 2.60 bits per heavy atom. The summed E-state index contributed by atoms with van der Waals surface area (Å²) in [6, 6.07) is 14.3. The molecule has 4 heteroatoms. The van der Waals surface area contributed by atoms with E-state index in [-0.39, 0.29) is 23.6 Å². The Morgan fingerprint density at radius 1 is 1.10 bits per heavy atom. The third-order valence-electron chi connectivity index (χ3n) is 3.98. The van der Waals surface area contributed by atoms with Gasteiger partial charge in [-0.1, -0.05) is 43.3 Å². The molecule has 2 aromatic rings. The van der Waals surface area contributed by atoms with Crippen molar-refractivity contribution in [1.82, 2.24) is 5.32 Å². The van der Waals surface area contributed by atoms with Crippen LogP contribution in [-0.2, 0) is 9.84 Å². The zero-order valence-corrected chi connectivity index (χ0v) is 12.4. The van der Waals surface area contributed by atoms with Gasteiger partial charge >= 0.3 is 0 Å². The molecular formula is C16H19NO2S. The molecule has 3 rings (SSSR count). The zero-order valence-electron chi connectivity index (χ0n) is 11.5. The third kappa shape index (κ3) is 2.72. The molecule has 20 heavy (non-hydrogen) atoms. The SMILES string of the molecule is CCC1CS(=O)(=O)CC(c2ccc3ccccc3c2)N1. The van der Waals surface area contributed by atoms with E-state index in [1.165, 1.54) is 5.39 Å². The molecule has 0 bridgehead atoms. The average molecular weight is 289 g/mol. The molecule has 1 heterocycles. The summed E-state index contributed by atoms with van der Waals surface area (Å²) in [6.45, 7) is 2.02. The van der Waals surface area contributed by atoms with Crippen LogP contribution in [0.4, 0.5) is 0 Å². The van der Waals surface area contributed by atoms with Crippen LogP contribution in [0.25, 0.3) is 10.8 Å². The van der Waals surface area contributed by atoms with Gasteiger partial charge in [-0.25, -0.2) is 8.42 Å². The van der Waals surface area contributed by atoms with Gasteiger partial charge in [-0.3, -0.25) is 0 Å². The molecule has 0 aromatic heterocycles. The number of hydrogen-bond donors (Lipinski definition) is 1. The second kappa shape index (κ2) is 5.19. The van der Waals surface area contributed by atoms with Gasteiger partial charge < -0.3 is 5.32 Å². The van der Waals surface area contributed by atoms with Crippen LogP contribution in [0.1, 0.15) is 24.9 Å². The highest BCUT2D eigenvalue weighted by molar-refractivity contribution is 7.91. The normalized spacial score (nSPS) is 25.6. The first-order valence-corrected chi connectivity index (χ1v) is 8.85. The molecule has 0 amide bonds. The van der Waals surface area contributed by atoms with Crippen LogP contribution in [0, 0.1) is 0 Å². The second-order valence-electron chi connectivity index (χ2n) is 5.51. The maximum Gasteiger partial charge on any atom is 0.153 e. The molecule has 0 aliphatic carbocycles. The molecule has 1 saturated heterocycles. The van der Waals surface area contributed by atoms with E-state index in [1.54, 1.807) is 0 Å². The summed E-state index contributed by atoms with van der Waals surface area (Å²) < 4.78 is 24.1. The van der Waals surface area contributed by atoms with Gasteiger partial charge in [0.05, 0.1) is 11.5 Å². The fourth-order valence-corrected chi connectivity index (χ4v) is 4.74. The van der Waals surface area contributed by atoms with E-state index >= 15 is 0 Å². The molecular weight excluding hydrogens is 270 g/mol. The van der Waals surface area contributed by atoms with Crippen LogP contribution >= 0.6 is 0 Å². The first-order chi connectivity index (χ1) is 9.57. The Kier molecular flexibility index (Phi) is 3.52. The summed E-state index contributed by atoms with van der Waals surface area (Å²) in [5.41, 5.74) is 1.06. The Labute approximate surface area is 119 Å². The average Bonchev–Trinajstić information content (AvgIpc) is 2.45. The van der Waals surface area contributed by atoms with Crippen LogP contribution in [0.3, 0.4) is 0 Å². The highest BCUT2D eigenvalue weighted by Gasteiger charge is 2.31. The minimum absolute atomic E-state index is 0.0604. The molecule has 3 nitrogen and oxygen atoms in total. The molecule has 2 unspecified atom stereocenters. The number of sulfone groups is 1.